The molecule has 9 heteroatoms. The lowest BCUT2D eigenvalue weighted by Gasteiger charge is -2.26. The van der Waals surface area contributed by atoms with Crippen molar-refractivity contribution < 1.29 is 18.3 Å². The van der Waals surface area contributed by atoms with Gasteiger partial charge in [0.25, 0.3) is 0 Å². The number of hydrogen-bond donors (Lipinski definition) is 3. The molecule has 4 nitrogen and oxygen atoms in total. The summed E-state index contributed by atoms with van der Waals surface area (Å²) in [5.74, 6) is -1.34. The number of fused-ring (bicyclic) bond motifs is 1. The van der Waals surface area contributed by atoms with E-state index in [-0.39, 0.29) is 17.4 Å². The molecular weight excluding hydrogens is 495 g/mol. The topological polar surface area (TPSA) is 56.7 Å². The summed E-state index contributed by atoms with van der Waals surface area (Å²) >= 11 is 7.45. The molecule has 0 fully saturated rings. The van der Waals surface area contributed by atoms with Crippen LogP contribution < -0.4 is 10.0 Å². The molecule has 0 amide bonds. The van der Waals surface area contributed by atoms with Gasteiger partial charge in [-0.3, -0.25) is 4.72 Å². The smallest absolute Gasteiger partial charge is 0.206 e. The van der Waals surface area contributed by atoms with Crippen LogP contribution in [0.5, 0.6) is 0 Å². The zero-order valence-electron chi connectivity index (χ0n) is 20.2. The number of anilines is 1. The molecule has 3 aromatic rings. The zero-order valence-corrected chi connectivity index (χ0v) is 21.8. The summed E-state index contributed by atoms with van der Waals surface area (Å²) in [7, 11) is 1.00. The average molecular weight is 524 g/mol. The van der Waals surface area contributed by atoms with Gasteiger partial charge < -0.3 is 10.4 Å². The van der Waals surface area contributed by atoms with Crippen LogP contribution in [0.4, 0.5) is 18.9 Å². The van der Waals surface area contributed by atoms with Gasteiger partial charge in [-0.1, -0.05) is 56.6 Å². The molecular formula is C26H29ClF3N3OS. The van der Waals surface area contributed by atoms with Gasteiger partial charge in [0, 0.05) is 18.6 Å². The first-order valence-electron chi connectivity index (χ1n) is 11.1. The van der Waals surface area contributed by atoms with Crippen molar-refractivity contribution in [2.45, 2.75) is 45.1 Å². The summed E-state index contributed by atoms with van der Waals surface area (Å²) in [6, 6.07) is 12.4. The van der Waals surface area contributed by atoms with Crippen LogP contribution >= 0.6 is 23.5 Å². The van der Waals surface area contributed by atoms with Crippen molar-refractivity contribution in [1.29, 1.82) is 0 Å². The number of rotatable bonds is 4. The molecule has 0 radical (unpaired) electrons. The molecule has 1 heterocycles. The Kier molecular flexibility index (Phi) is 10.9. The van der Waals surface area contributed by atoms with Crippen molar-refractivity contribution >= 4 is 35.2 Å². The molecule has 1 aliphatic heterocycles. The molecule has 0 bridgehead atoms. The van der Waals surface area contributed by atoms with E-state index >= 15 is 0 Å². The number of nitrogens with one attached hydrogen (secondary N) is 2. The van der Waals surface area contributed by atoms with Gasteiger partial charge in [0.05, 0.1) is 22.2 Å². The van der Waals surface area contributed by atoms with Crippen molar-refractivity contribution in [3.05, 3.63) is 93.3 Å². The third kappa shape index (κ3) is 6.51. The Hall–Kier alpha value is -2.68. The molecule has 0 saturated carbocycles. The van der Waals surface area contributed by atoms with Crippen molar-refractivity contribution in [1.82, 2.24) is 4.72 Å². The van der Waals surface area contributed by atoms with Crippen LogP contribution in [0.25, 0.3) is 0 Å². The van der Waals surface area contributed by atoms with Gasteiger partial charge in [-0.05, 0) is 59.8 Å². The van der Waals surface area contributed by atoms with Gasteiger partial charge in [-0.2, -0.15) is 0 Å². The SMILES string of the molecule is CC.CO.Cc1c(F)cccc1CN=C1NSc2ccc(F)c(C(C)c3cccc(F)c3Cl)c2N1. The maximum Gasteiger partial charge on any atom is 0.206 e. The Labute approximate surface area is 213 Å². The van der Waals surface area contributed by atoms with Gasteiger partial charge in [0.15, 0.2) is 0 Å². The predicted molar refractivity (Wildman–Crippen MR) is 140 cm³/mol. The molecule has 1 aliphatic rings. The van der Waals surface area contributed by atoms with Crippen LogP contribution in [-0.2, 0) is 6.54 Å². The minimum absolute atomic E-state index is 0.0240. The molecule has 4 rings (SSSR count). The molecule has 0 spiro atoms. The molecule has 0 aliphatic carbocycles. The molecule has 0 aromatic heterocycles. The van der Waals surface area contributed by atoms with Gasteiger partial charge >= 0.3 is 0 Å². The summed E-state index contributed by atoms with van der Waals surface area (Å²) in [4.78, 5) is 5.26. The largest absolute Gasteiger partial charge is 0.400 e. The van der Waals surface area contributed by atoms with Gasteiger partial charge in [0.2, 0.25) is 5.96 Å². The zero-order chi connectivity index (χ0) is 26.1. The van der Waals surface area contributed by atoms with E-state index in [4.69, 9.17) is 16.7 Å². The number of aliphatic imine (C=N–C) groups is 1. The van der Waals surface area contributed by atoms with E-state index in [1.54, 1.807) is 38.1 Å². The standard InChI is InChI=1S/C23H19ClF3N3S.C2H6.CH4O/c1-12-14(5-3-7-16(12)25)11-28-23-29-22-19(31-30-23)10-9-17(26)20(22)13(2)15-6-4-8-18(27)21(15)24;2*1-2/h3-10,13H,11H2,1-2H3,(H2,28,29,30);1-2H3;2H,1H3. The van der Waals surface area contributed by atoms with Crippen LogP contribution in [-0.4, -0.2) is 18.2 Å². The van der Waals surface area contributed by atoms with Gasteiger partial charge in [-0.15, -0.1) is 0 Å². The fourth-order valence-electron chi connectivity index (χ4n) is 3.53. The summed E-state index contributed by atoms with van der Waals surface area (Å²) in [5, 5.41) is 10.1. The number of nitrogens with zero attached hydrogens (tertiary/aromatic N) is 1. The maximum atomic E-state index is 14.9. The summed E-state index contributed by atoms with van der Waals surface area (Å²) in [5.41, 5.74) is 2.70. The third-order valence-corrected chi connectivity index (χ3v) is 6.58. The third-order valence-electron chi connectivity index (χ3n) is 5.32. The van der Waals surface area contributed by atoms with Crippen molar-refractivity contribution in [2.24, 2.45) is 4.99 Å². The minimum atomic E-state index is -0.548. The summed E-state index contributed by atoms with van der Waals surface area (Å²) < 4.78 is 45.8. The fourth-order valence-corrected chi connectivity index (χ4v) is 4.54. The molecule has 3 aromatic carbocycles. The van der Waals surface area contributed by atoms with Crippen LogP contribution in [0.2, 0.25) is 5.02 Å². The first kappa shape index (κ1) is 28.6. The molecule has 1 atom stereocenters. The van der Waals surface area contributed by atoms with Gasteiger partial charge in [0.1, 0.15) is 17.5 Å². The maximum absolute atomic E-state index is 14.9. The van der Waals surface area contributed by atoms with Gasteiger partial charge in [-0.25, -0.2) is 18.2 Å². The first-order chi connectivity index (χ1) is 16.9. The lowest BCUT2D eigenvalue weighted by molar-refractivity contribution is 0.399. The Bertz CT molecular complexity index is 1190. The number of guanidine groups is 1. The van der Waals surface area contributed by atoms with E-state index in [1.165, 1.54) is 30.1 Å². The van der Waals surface area contributed by atoms with Crippen molar-refractivity contribution in [3.63, 3.8) is 0 Å². The summed E-state index contributed by atoms with van der Waals surface area (Å²) in [6.45, 7) is 7.74. The van der Waals surface area contributed by atoms with Crippen molar-refractivity contribution in [2.75, 3.05) is 12.4 Å². The quantitative estimate of drug-likeness (QED) is 0.311. The Balaban J connectivity index is 0.00000103. The Morgan fingerprint density at radius 3 is 2.34 bits per heavy atom. The second-order valence-electron chi connectivity index (χ2n) is 7.22. The summed E-state index contributed by atoms with van der Waals surface area (Å²) in [6.07, 6.45) is 0. The normalized spacial score (nSPS) is 13.8. The van der Waals surface area contributed by atoms with Crippen LogP contribution in [0.1, 0.15) is 48.9 Å². The lowest BCUT2D eigenvalue weighted by atomic mass is 9.91. The fraction of sp³-hybridized carbons (Fsp3) is 0.269. The van der Waals surface area contributed by atoms with E-state index < -0.39 is 17.6 Å². The number of hydrogen-bond acceptors (Lipinski definition) is 3. The predicted octanol–water partition coefficient (Wildman–Crippen LogP) is 7.43. The second kappa shape index (κ2) is 13.4. The highest BCUT2D eigenvalue weighted by atomic mass is 35.5. The first-order valence-corrected chi connectivity index (χ1v) is 12.3. The van der Waals surface area contributed by atoms with E-state index in [0.717, 1.165) is 17.6 Å². The molecule has 3 N–H and O–H groups in total. The average Bonchev–Trinajstić information content (AvgIpc) is 2.88. The van der Waals surface area contributed by atoms with Crippen LogP contribution in [0.15, 0.2) is 58.4 Å². The highest BCUT2D eigenvalue weighted by Gasteiger charge is 2.26. The number of benzene rings is 3. The number of aliphatic hydroxyl groups excluding tert-OH is 1. The molecule has 188 valence electrons. The Morgan fingerprint density at radius 2 is 1.63 bits per heavy atom. The van der Waals surface area contributed by atoms with E-state index in [0.29, 0.717) is 28.3 Å². The highest BCUT2D eigenvalue weighted by molar-refractivity contribution is 7.98. The monoisotopic (exact) mass is 523 g/mol. The molecule has 1 unspecified atom stereocenters. The van der Waals surface area contributed by atoms with E-state index in [9.17, 15) is 13.2 Å². The van der Waals surface area contributed by atoms with Crippen molar-refractivity contribution in [3.8, 4) is 0 Å². The number of aliphatic hydroxyl groups is 1. The molecule has 0 saturated heterocycles. The second-order valence-corrected chi connectivity index (χ2v) is 8.44. The van der Waals surface area contributed by atoms with Crippen LogP contribution in [0.3, 0.4) is 0 Å². The minimum Gasteiger partial charge on any atom is -0.400 e. The highest BCUT2D eigenvalue weighted by Crippen LogP contribution is 2.41. The molecule has 35 heavy (non-hydrogen) atoms. The Morgan fingerprint density at radius 1 is 0.971 bits per heavy atom. The van der Waals surface area contributed by atoms with E-state index in [1.807, 2.05) is 19.9 Å². The lowest BCUT2D eigenvalue weighted by Crippen LogP contribution is -2.30. The number of halogens is 4. The van der Waals surface area contributed by atoms with Crippen LogP contribution in [0, 0.1) is 24.4 Å². The van der Waals surface area contributed by atoms with E-state index in [2.05, 4.69) is 15.0 Å².